The van der Waals surface area contributed by atoms with Crippen molar-refractivity contribution in [3.8, 4) is 0 Å². The van der Waals surface area contributed by atoms with E-state index < -0.39 is 16.2 Å². The molecule has 7 nitrogen and oxygen atoms in total. The van der Waals surface area contributed by atoms with Crippen LogP contribution in [0.4, 0.5) is 4.39 Å². The number of carbonyl (C=O) groups is 1. The van der Waals surface area contributed by atoms with E-state index in [2.05, 4.69) is 22.5 Å². The Labute approximate surface area is 180 Å². The van der Waals surface area contributed by atoms with Crippen LogP contribution in [0.2, 0.25) is 0 Å². The molecular weight excluding hydrogens is 407 g/mol. The molecule has 4 fully saturated rings. The van der Waals surface area contributed by atoms with Gasteiger partial charge in [-0.3, -0.25) is 9.69 Å². The Hall–Kier alpha value is -0.770. The lowest BCUT2D eigenvalue weighted by molar-refractivity contribution is -0.124. The number of amides is 1. The van der Waals surface area contributed by atoms with Crippen molar-refractivity contribution < 1.29 is 17.6 Å². The van der Waals surface area contributed by atoms with Gasteiger partial charge in [0.1, 0.15) is 6.17 Å². The summed E-state index contributed by atoms with van der Waals surface area (Å²) < 4.78 is 39.4. The molecule has 5 unspecified atom stereocenters. The zero-order valence-corrected chi connectivity index (χ0v) is 19.0. The number of carbonyl (C=O) groups excluding carboxylic acids is 1. The fourth-order valence-corrected chi connectivity index (χ4v) is 6.96. The first-order valence-electron chi connectivity index (χ1n) is 11.6. The van der Waals surface area contributed by atoms with Crippen molar-refractivity contribution in [1.29, 1.82) is 0 Å². The molecule has 0 spiro atoms. The summed E-state index contributed by atoms with van der Waals surface area (Å²) in [5.41, 5.74) is 0. The Morgan fingerprint density at radius 3 is 2.47 bits per heavy atom. The lowest BCUT2D eigenvalue weighted by Crippen LogP contribution is -2.55. The third-order valence-corrected chi connectivity index (χ3v) is 9.21. The molecule has 2 saturated carbocycles. The van der Waals surface area contributed by atoms with Crippen LogP contribution >= 0.6 is 0 Å². The molecule has 0 bridgehead atoms. The van der Waals surface area contributed by atoms with Crippen LogP contribution < -0.4 is 10.6 Å². The van der Waals surface area contributed by atoms with Gasteiger partial charge < -0.3 is 10.6 Å². The Morgan fingerprint density at radius 1 is 1.07 bits per heavy atom. The molecule has 4 aliphatic rings. The van der Waals surface area contributed by atoms with Gasteiger partial charge in [0.2, 0.25) is 15.9 Å². The van der Waals surface area contributed by atoms with Gasteiger partial charge in [0, 0.05) is 50.2 Å². The second-order valence-electron chi connectivity index (χ2n) is 9.94. The maximum absolute atomic E-state index is 14.3. The van der Waals surface area contributed by atoms with Crippen molar-refractivity contribution in [2.24, 2.45) is 11.8 Å². The minimum absolute atomic E-state index is 0.0244. The molecule has 2 aliphatic carbocycles. The van der Waals surface area contributed by atoms with E-state index in [-0.39, 0.29) is 30.0 Å². The number of nitrogens with one attached hydrogen (secondary N) is 2. The second kappa shape index (κ2) is 9.00. The van der Waals surface area contributed by atoms with Crippen molar-refractivity contribution in [1.82, 2.24) is 19.8 Å². The SMILES string of the molecule is CC1CCC(F)C2CC(C(=O)N[C@@H]3CCC[C@@H](N4CCN(S(C)(=O)=O)CC4)C3)NC12. The van der Waals surface area contributed by atoms with Crippen LogP contribution in [0.3, 0.4) is 0 Å². The Morgan fingerprint density at radius 2 is 1.80 bits per heavy atom. The van der Waals surface area contributed by atoms with Crippen molar-refractivity contribution in [3.05, 3.63) is 0 Å². The average Bonchev–Trinajstić information content (AvgIpc) is 3.18. The van der Waals surface area contributed by atoms with Crippen molar-refractivity contribution in [3.63, 3.8) is 0 Å². The molecular formula is C21H37FN4O3S. The van der Waals surface area contributed by atoms with Crippen LogP contribution in [0.25, 0.3) is 0 Å². The van der Waals surface area contributed by atoms with Gasteiger partial charge in [-0.25, -0.2) is 12.8 Å². The van der Waals surface area contributed by atoms with E-state index in [0.29, 0.717) is 37.9 Å². The van der Waals surface area contributed by atoms with Crippen LogP contribution in [-0.2, 0) is 14.8 Å². The lowest BCUT2D eigenvalue weighted by atomic mass is 9.77. The number of nitrogens with zero attached hydrogens (tertiary/aromatic N) is 2. The number of sulfonamides is 1. The molecule has 2 N–H and O–H groups in total. The predicted octanol–water partition coefficient (Wildman–Crippen LogP) is 1.11. The number of alkyl halides is 1. The highest BCUT2D eigenvalue weighted by molar-refractivity contribution is 7.88. The van der Waals surface area contributed by atoms with Crippen molar-refractivity contribution in [2.75, 3.05) is 32.4 Å². The number of rotatable bonds is 4. The van der Waals surface area contributed by atoms with Gasteiger partial charge >= 0.3 is 0 Å². The topological polar surface area (TPSA) is 81.8 Å². The first-order valence-corrected chi connectivity index (χ1v) is 13.5. The minimum Gasteiger partial charge on any atom is -0.352 e. The number of hydrogen-bond acceptors (Lipinski definition) is 5. The fourth-order valence-electron chi connectivity index (χ4n) is 6.13. The molecule has 7 atom stereocenters. The van der Waals surface area contributed by atoms with Crippen molar-refractivity contribution in [2.45, 2.75) is 82.2 Å². The quantitative estimate of drug-likeness (QED) is 0.679. The van der Waals surface area contributed by atoms with Crippen LogP contribution in [0.15, 0.2) is 0 Å². The molecule has 172 valence electrons. The first kappa shape index (κ1) is 22.4. The molecule has 30 heavy (non-hydrogen) atoms. The number of fused-ring (bicyclic) bond motifs is 1. The summed E-state index contributed by atoms with van der Waals surface area (Å²) in [5, 5.41) is 6.68. The van der Waals surface area contributed by atoms with E-state index in [0.717, 1.165) is 45.2 Å². The largest absolute Gasteiger partial charge is 0.352 e. The predicted molar refractivity (Wildman–Crippen MR) is 114 cm³/mol. The molecule has 4 rings (SSSR count). The number of hydrogen-bond donors (Lipinski definition) is 2. The van der Waals surface area contributed by atoms with Gasteiger partial charge in [0.25, 0.3) is 0 Å². The highest BCUT2D eigenvalue weighted by Gasteiger charge is 2.46. The van der Waals surface area contributed by atoms with Gasteiger partial charge in [-0.15, -0.1) is 0 Å². The average molecular weight is 445 g/mol. The summed E-state index contributed by atoms with van der Waals surface area (Å²) in [6.07, 6.45) is 6.64. The minimum atomic E-state index is -3.12. The van der Waals surface area contributed by atoms with Gasteiger partial charge in [-0.05, 0) is 50.9 Å². The summed E-state index contributed by atoms with van der Waals surface area (Å²) >= 11 is 0. The van der Waals surface area contributed by atoms with Crippen LogP contribution in [0.5, 0.6) is 0 Å². The summed E-state index contributed by atoms with van der Waals surface area (Å²) in [6.45, 7) is 4.75. The molecule has 2 heterocycles. The van der Waals surface area contributed by atoms with Gasteiger partial charge in [-0.1, -0.05) is 6.92 Å². The summed E-state index contributed by atoms with van der Waals surface area (Å²) in [7, 11) is -3.12. The van der Waals surface area contributed by atoms with Crippen LogP contribution in [0.1, 0.15) is 51.9 Å². The molecule has 2 aliphatic heterocycles. The normalized spacial score (nSPS) is 41.4. The van der Waals surface area contributed by atoms with E-state index >= 15 is 0 Å². The second-order valence-corrected chi connectivity index (χ2v) is 11.9. The van der Waals surface area contributed by atoms with E-state index in [4.69, 9.17) is 0 Å². The highest BCUT2D eigenvalue weighted by atomic mass is 32.2. The third kappa shape index (κ3) is 4.84. The van der Waals surface area contributed by atoms with Gasteiger partial charge in [0.15, 0.2) is 0 Å². The summed E-state index contributed by atoms with van der Waals surface area (Å²) in [5.74, 6) is 0.413. The Balaban J connectivity index is 1.28. The van der Waals surface area contributed by atoms with Gasteiger partial charge in [0.05, 0.1) is 12.3 Å². The Bertz CT molecular complexity index is 710. The monoisotopic (exact) mass is 444 g/mol. The summed E-state index contributed by atoms with van der Waals surface area (Å²) in [4.78, 5) is 15.3. The maximum atomic E-state index is 14.3. The van der Waals surface area contributed by atoms with Crippen LogP contribution in [0, 0.1) is 11.8 Å². The molecule has 9 heteroatoms. The Kier molecular flexibility index (Phi) is 6.73. The number of halogens is 1. The number of piperazine rings is 1. The van der Waals surface area contributed by atoms with E-state index in [1.807, 2.05) is 0 Å². The summed E-state index contributed by atoms with van der Waals surface area (Å²) in [6, 6.07) is 0.375. The van der Waals surface area contributed by atoms with Crippen molar-refractivity contribution >= 4 is 15.9 Å². The highest BCUT2D eigenvalue weighted by Crippen LogP contribution is 2.38. The lowest BCUT2D eigenvalue weighted by Gasteiger charge is -2.42. The van der Waals surface area contributed by atoms with E-state index in [1.165, 1.54) is 6.26 Å². The fraction of sp³-hybridized carbons (Fsp3) is 0.952. The first-order chi connectivity index (χ1) is 14.2. The maximum Gasteiger partial charge on any atom is 0.237 e. The van der Waals surface area contributed by atoms with Crippen LogP contribution in [-0.4, -0.2) is 86.3 Å². The molecule has 0 aromatic heterocycles. The molecule has 0 aromatic carbocycles. The molecule has 1 amide bonds. The molecule has 0 radical (unpaired) electrons. The third-order valence-electron chi connectivity index (χ3n) is 7.91. The molecule has 0 aromatic rings. The van der Waals surface area contributed by atoms with Gasteiger partial charge in [-0.2, -0.15) is 4.31 Å². The van der Waals surface area contributed by atoms with E-state index in [9.17, 15) is 17.6 Å². The van der Waals surface area contributed by atoms with E-state index in [1.54, 1.807) is 4.31 Å². The smallest absolute Gasteiger partial charge is 0.237 e. The molecule has 2 saturated heterocycles. The zero-order valence-electron chi connectivity index (χ0n) is 18.2. The standard InChI is InChI=1S/C21H37FN4O3S/c1-14-6-7-18(22)17-13-19(24-20(14)17)21(27)23-15-4-3-5-16(12-15)25-8-10-26(11-9-25)30(2,28)29/h14-20,24H,3-13H2,1-2H3,(H,23,27)/t14?,15-,16-,17?,18?,19?,20?/m1/s1. The zero-order chi connectivity index (χ0) is 21.5.